The van der Waals surface area contributed by atoms with Gasteiger partial charge in [0.25, 0.3) is 0 Å². The van der Waals surface area contributed by atoms with E-state index in [0.717, 1.165) is 44.8 Å². The Bertz CT molecular complexity index is 506. The number of piperidine rings is 1. The second-order valence-electron chi connectivity index (χ2n) is 6.73. The highest BCUT2D eigenvalue weighted by atomic mass is 16.5. The van der Waals surface area contributed by atoms with Gasteiger partial charge in [0.2, 0.25) is 5.91 Å². The van der Waals surface area contributed by atoms with Crippen molar-refractivity contribution in [3.05, 3.63) is 24.3 Å². The van der Waals surface area contributed by atoms with Gasteiger partial charge in [-0.15, -0.1) is 0 Å². The minimum atomic E-state index is 0.0561. The summed E-state index contributed by atoms with van der Waals surface area (Å²) in [6.07, 6.45) is 6.99. The van der Waals surface area contributed by atoms with Crippen LogP contribution in [-0.2, 0) is 9.53 Å². The molecule has 1 unspecified atom stereocenters. The largest absolute Gasteiger partial charge is 0.377 e. The number of amides is 1. The summed E-state index contributed by atoms with van der Waals surface area (Å²) in [5.74, 6) is 0.0561. The maximum atomic E-state index is 12.0. The minimum absolute atomic E-state index is 0.0561. The smallest absolute Gasteiger partial charge is 0.225 e. The molecule has 2 heterocycles. The Morgan fingerprint density at radius 3 is 2.62 bits per heavy atom. The van der Waals surface area contributed by atoms with E-state index in [1.807, 2.05) is 12.1 Å². The lowest BCUT2D eigenvalue weighted by atomic mass is 10.1. The summed E-state index contributed by atoms with van der Waals surface area (Å²) in [6, 6.07) is 8.22. The molecule has 5 nitrogen and oxygen atoms in total. The molecule has 1 aromatic rings. The predicted molar refractivity (Wildman–Crippen MR) is 97.6 cm³/mol. The molecular formula is C19H29N3O2. The van der Waals surface area contributed by atoms with E-state index in [1.54, 1.807) is 0 Å². The van der Waals surface area contributed by atoms with Crippen molar-refractivity contribution in [1.29, 1.82) is 0 Å². The maximum absolute atomic E-state index is 12.0. The van der Waals surface area contributed by atoms with Gasteiger partial charge in [0.05, 0.1) is 6.10 Å². The highest BCUT2D eigenvalue weighted by molar-refractivity contribution is 5.91. The molecule has 0 saturated carbocycles. The number of nitrogens with one attached hydrogen (secondary N) is 2. The van der Waals surface area contributed by atoms with E-state index in [1.165, 1.54) is 24.9 Å². The first-order valence-electron chi connectivity index (χ1n) is 9.28. The predicted octanol–water partition coefficient (Wildman–Crippen LogP) is 2.77. The normalized spacial score (nSPS) is 21.0. The van der Waals surface area contributed by atoms with Crippen molar-refractivity contribution in [1.82, 2.24) is 5.32 Å². The van der Waals surface area contributed by atoms with Crippen molar-refractivity contribution in [2.75, 3.05) is 43.0 Å². The molecule has 2 saturated heterocycles. The molecule has 3 rings (SSSR count). The van der Waals surface area contributed by atoms with Gasteiger partial charge in [-0.05, 0) is 56.4 Å². The van der Waals surface area contributed by atoms with Gasteiger partial charge < -0.3 is 20.3 Å². The van der Waals surface area contributed by atoms with Gasteiger partial charge in [-0.2, -0.15) is 0 Å². The van der Waals surface area contributed by atoms with Crippen LogP contribution in [0.3, 0.4) is 0 Å². The molecular weight excluding hydrogens is 302 g/mol. The highest BCUT2D eigenvalue weighted by Crippen LogP contribution is 2.21. The molecule has 24 heavy (non-hydrogen) atoms. The van der Waals surface area contributed by atoms with E-state index in [-0.39, 0.29) is 5.91 Å². The first-order chi connectivity index (χ1) is 11.8. The summed E-state index contributed by atoms with van der Waals surface area (Å²) in [5.41, 5.74) is 2.13. The number of ether oxygens (including phenoxy) is 1. The first kappa shape index (κ1) is 17.2. The van der Waals surface area contributed by atoms with E-state index >= 15 is 0 Å². The van der Waals surface area contributed by atoms with E-state index in [9.17, 15) is 4.79 Å². The summed E-state index contributed by atoms with van der Waals surface area (Å²) < 4.78 is 5.55. The maximum Gasteiger partial charge on any atom is 0.225 e. The summed E-state index contributed by atoms with van der Waals surface area (Å²) >= 11 is 0. The summed E-state index contributed by atoms with van der Waals surface area (Å²) in [7, 11) is 0. The second-order valence-corrected chi connectivity index (χ2v) is 6.73. The lowest BCUT2D eigenvalue weighted by molar-refractivity contribution is -0.116. The standard InChI is InChI=1S/C19H29N3O2/c23-19(10-11-20-15-18-5-4-14-24-18)21-16-6-8-17(9-7-16)22-12-2-1-3-13-22/h6-9,18,20H,1-5,10-15H2,(H,21,23). The van der Waals surface area contributed by atoms with Gasteiger partial charge in [-0.3, -0.25) is 4.79 Å². The van der Waals surface area contributed by atoms with Crippen molar-refractivity contribution in [2.45, 2.75) is 44.6 Å². The first-order valence-corrected chi connectivity index (χ1v) is 9.28. The fourth-order valence-electron chi connectivity index (χ4n) is 3.40. The number of nitrogens with zero attached hydrogens (tertiary/aromatic N) is 1. The quantitative estimate of drug-likeness (QED) is 0.755. The third-order valence-corrected chi connectivity index (χ3v) is 4.80. The van der Waals surface area contributed by atoms with Crippen molar-refractivity contribution in [2.24, 2.45) is 0 Å². The molecule has 2 N–H and O–H groups in total. The highest BCUT2D eigenvalue weighted by Gasteiger charge is 2.14. The summed E-state index contributed by atoms with van der Waals surface area (Å²) in [5, 5.41) is 6.28. The monoisotopic (exact) mass is 331 g/mol. The lowest BCUT2D eigenvalue weighted by Crippen LogP contribution is -2.29. The number of rotatable bonds is 7. The Balaban J connectivity index is 1.36. The minimum Gasteiger partial charge on any atom is -0.377 e. The van der Waals surface area contributed by atoms with Crippen LogP contribution in [0.25, 0.3) is 0 Å². The van der Waals surface area contributed by atoms with Crippen LogP contribution in [0.5, 0.6) is 0 Å². The third-order valence-electron chi connectivity index (χ3n) is 4.80. The molecule has 132 valence electrons. The van der Waals surface area contributed by atoms with Crippen LogP contribution in [0, 0.1) is 0 Å². The number of hydrogen-bond acceptors (Lipinski definition) is 4. The Labute approximate surface area is 144 Å². The zero-order valence-electron chi connectivity index (χ0n) is 14.4. The van der Waals surface area contributed by atoms with Gasteiger partial charge >= 0.3 is 0 Å². The fourth-order valence-corrected chi connectivity index (χ4v) is 3.40. The topological polar surface area (TPSA) is 53.6 Å². The molecule has 5 heteroatoms. The van der Waals surface area contributed by atoms with E-state index < -0.39 is 0 Å². The molecule has 0 spiro atoms. The molecule has 1 amide bonds. The van der Waals surface area contributed by atoms with Crippen LogP contribution in [-0.4, -0.2) is 44.8 Å². The van der Waals surface area contributed by atoms with Gasteiger partial charge in [0, 0.05) is 50.6 Å². The van der Waals surface area contributed by atoms with Crippen LogP contribution in [0.2, 0.25) is 0 Å². The molecule has 0 radical (unpaired) electrons. The average Bonchev–Trinajstić information content (AvgIpc) is 3.14. The molecule has 0 aliphatic carbocycles. The van der Waals surface area contributed by atoms with Crippen LogP contribution >= 0.6 is 0 Å². The van der Waals surface area contributed by atoms with Crippen molar-refractivity contribution in [3.8, 4) is 0 Å². The lowest BCUT2D eigenvalue weighted by Gasteiger charge is -2.28. The fraction of sp³-hybridized carbons (Fsp3) is 0.632. The number of hydrogen-bond donors (Lipinski definition) is 2. The van der Waals surface area contributed by atoms with Crippen LogP contribution < -0.4 is 15.5 Å². The molecule has 2 aliphatic rings. The Morgan fingerprint density at radius 1 is 1.12 bits per heavy atom. The molecule has 2 fully saturated rings. The molecule has 0 bridgehead atoms. The van der Waals surface area contributed by atoms with Gasteiger partial charge in [0.15, 0.2) is 0 Å². The Hall–Kier alpha value is -1.59. The second kappa shape index (κ2) is 9.04. The van der Waals surface area contributed by atoms with Gasteiger partial charge in [-0.1, -0.05) is 0 Å². The van der Waals surface area contributed by atoms with Crippen molar-refractivity contribution in [3.63, 3.8) is 0 Å². The van der Waals surface area contributed by atoms with E-state index in [0.29, 0.717) is 19.1 Å². The van der Waals surface area contributed by atoms with E-state index in [4.69, 9.17) is 4.74 Å². The van der Waals surface area contributed by atoms with Gasteiger partial charge in [-0.25, -0.2) is 0 Å². The molecule has 0 aromatic heterocycles. The molecule has 1 aromatic carbocycles. The van der Waals surface area contributed by atoms with E-state index in [2.05, 4.69) is 27.7 Å². The summed E-state index contributed by atoms with van der Waals surface area (Å²) in [4.78, 5) is 14.4. The zero-order chi connectivity index (χ0) is 16.6. The number of anilines is 2. The summed E-state index contributed by atoms with van der Waals surface area (Å²) in [6.45, 7) is 4.69. The Morgan fingerprint density at radius 2 is 1.92 bits per heavy atom. The average molecular weight is 331 g/mol. The van der Waals surface area contributed by atoms with Crippen LogP contribution in [0.4, 0.5) is 11.4 Å². The number of carbonyl (C=O) groups excluding carboxylic acids is 1. The number of benzene rings is 1. The van der Waals surface area contributed by atoms with Gasteiger partial charge in [0.1, 0.15) is 0 Å². The number of carbonyl (C=O) groups is 1. The third kappa shape index (κ3) is 5.21. The molecule has 1 atom stereocenters. The van der Waals surface area contributed by atoms with Crippen LogP contribution in [0.15, 0.2) is 24.3 Å². The molecule has 2 aliphatic heterocycles. The van der Waals surface area contributed by atoms with Crippen molar-refractivity contribution < 1.29 is 9.53 Å². The Kier molecular flexibility index (Phi) is 6.49. The zero-order valence-corrected chi connectivity index (χ0v) is 14.4. The van der Waals surface area contributed by atoms with Crippen molar-refractivity contribution >= 4 is 17.3 Å². The van der Waals surface area contributed by atoms with Crippen LogP contribution in [0.1, 0.15) is 38.5 Å². The SMILES string of the molecule is O=C(CCNCC1CCCO1)Nc1ccc(N2CCCCC2)cc1.